The lowest BCUT2D eigenvalue weighted by atomic mass is 9.99. The van der Waals surface area contributed by atoms with Crippen molar-refractivity contribution in [1.29, 1.82) is 0 Å². The van der Waals surface area contributed by atoms with E-state index in [0.29, 0.717) is 49.7 Å². The van der Waals surface area contributed by atoms with Gasteiger partial charge in [0.05, 0.1) is 16.3 Å². The third-order valence-electron chi connectivity index (χ3n) is 4.94. The van der Waals surface area contributed by atoms with Crippen LogP contribution in [-0.4, -0.2) is 9.97 Å². The number of hydrogen-bond acceptors (Lipinski definition) is 3. The maximum Gasteiger partial charge on any atom is 0.231 e. The van der Waals surface area contributed by atoms with E-state index in [1.54, 1.807) is 42.5 Å². The van der Waals surface area contributed by atoms with Crippen LogP contribution in [0.4, 0.5) is 8.78 Å². The summed E-state index contributed by atoms with van der Waals surface area (Å²) in [6.07, 6.45) is 0.563. The van der Waals surface area contributed by atoms with Crippen molar-refractivity contribution in [3.8, 4) is 34.0 Å². The molecular formula is C26H19Cl3F2N2O. The van der Waals surface area contributed by atoms with E-state index in [2.05, 4.69) is 4.98 Å². The Hall–Kier alpha value is -2.73. The van der Waals surface area contributed by atoms with Crippen molar-refractivity contribution in [3.05, 3.63) is 93.2 Å². The zero-order chi connectivity index (χ0) is 24.4. The number of aromatic nitrogens is 2. The molecule has 0 spiro atoms. The summed E-state index contributed by atoms with van der Waals surface area (Å²) < 4.78 is 33.4. The molecule has 4 rings (SSSR count). The summed E-state index contributed by atoms with van der Waals surface area (Å²) in [5.41, 5.74) is 2.38. The van der Waals surface area contributed by atoms with E-state index >= 15 is 0 Å². The number of nitrogens with zero attached hydrogens (tertiary/aromatic N) is 2. The number of benzene rings is 3. The molecule has 0 bridgehead atoms. The molecule has 0 atom stereocenters. The summed E-state index contributed by atoms with van der Waals surface area (Å²) in [6, 6.07) is 15.5. The van der Waals surface area contributed by atoms with Crippen LogP contribution < -0.4 is 4.74 Å². The SMILES string of the molecule is CC(C)Cc1nc(Oc2ccc(F)c(F)c2)c(-c2ccc(Cl)cc2)c(-c2ccc(Cl)cc2Cl)n1. The molecule has 0 radical (unpaired) electrons. The van der Waals surface area contributed by atoms with Gasteiger partial charge < -0.3 is 4.74 Å². The molecule has 3 nitrogen and oxygen atoms in total. The van der Waals surface area contributed by atoms with E-state index < -0.39 is 11.6 Å². The second kappa shape index (κ2) is 10.3. The van der Waals surface area contributed by atoms with Gasteiger partial charge in [-0.05, 0) is 53.9 Å². The molecule has 0 N–H and O–H groups in total. The van der Waals surface area contributed by atoms with Crippen LogP contribution in [0.15, 0.2) is 60.7 Å². The van der Waals surface area contributed by atoms with Gasteiger partial charge in [-0.15, -0.1) is 0 Å². The number of rotatable bonds is 6. The van der Waals surface area contributed by atoms with Crippen LogP contribution in [0.1, 0.15) is 19.7 Å². The highest BCUT2D eigenvalue weighted by atomic mass is 35.5. The molecule has 1 heterocycles. The summed E-state index contributed by atoms with van der Waals surface area (Å²) in [4.78, 5) is 9.46. The van der Waals surface area contributed by atoms with Crippen molar-refractivity contribution in [2.45, 2.75) is 20.3 Å². The minimum Gasteiger partial charge on any atom is -0.438 e. The summed E-state index contributed by atoms with van der Waals surface area (Å²) in [6.45, 7) is 4.09. The third kappa shape index (κ3) is 5.49. The molecule has 0 saturated heterocycles. The fourth-order valence-corrected chi connectivity index (χ4v) is 4.04. The molecule has 0 fully saturated rings. The Labute approximate surface area is 211 Å². The van der Waals surface area contributed by atoms with Crippen molar-refractivity contribution in [2.24, 2.45) is 5.92 Å². The summed E-state index contributed by atoms with van der Waals surface area (Å²) in [5.74, 6) is -0.945. The maximum absolute atomic E-state index is 13.9. The molecule has 8 heteroatoms. The quantitative estimate of drug-likeness (QED) is 0.255. The molecule has 1 aromatic heterocycles. The van der Waals surface area contributed by atoms with Gasteiger partial charge in [-0.25, -0.2) is 13.8 Å². The van der Waals surface area contributed by atoms with Gasteiger partial charge in [-0.1, -0.05) is 60.8 Å². The zero-order valence-corrected chi connectivity index (χ0v) is 20.5. The van der Waals surface area contributed by atoms with Crippen LogP contribution in [0.5, 0.6) is 11.6 Å². The van der Waals surface area contributed by atoms with Crippen LogP contribution >= 0.6 is 34.8 Å². The first-order valence-corrected chi connectivity index (χ1v) is 11.6. The Balaban J connectivity index is 1.99. The van der Waals surface area contributed by atoms with Gasteiger partial charge in [0.1, 0.15) is 11.6 Å². The summed E-state index contributed by atoms with van der Waals surface area (Å²) in [7, 11) is 0. The molecule has 0 unspecified atom stereocenters. The average molecular weight is 520 g/mol. The van der Waals surface area contributed by atoms with Crippen molar-refractivity contribution in [1.82, 2.24) is 9.97 Å². The number of halogens is 5. The molecule has 4 aromatic rings. The Kier molecular flexibility index (Phi) is 7.36. The number of ether oxygens (including phenoxy) is 1. The van der Waals surface area contributed by atoms with Crippen LogP contribution in [0.3, 0.4) is 0 Å². The molecule has 0 amide bonds. The molecule has 3 aromatic carbocycles. The van der Waals surface area contributed by atoms with Crippen molar-refractivity contribution in [3.63, 3.8) is 0 Å². The first-order chi connectivity index (χ1) is 16.2. The van der Waals surface area contributed by atoms with Crippen molar-refractivity contribution >= 4 is 34.8 Å². The topological polar surface area (TPSA) is 35.0 Å². The minimum absolute atomic E-state index is 0.0939. The van der Waals surface area contributed by atoms with Crippen LogP contribution in [0.25, 0.3) is 22.4 Å². The maximum atomic E-state index is 13.9. The predicted octanol–water partition coefficient (Wildman–Crippen LogP) is 9.04. The average Bonchev–Trinajstić information content (AvgIpc) is 2.76. The van der Waals surface area contributed by atoms with E-state index in [0.717, 1.165) is 12.1 Å². The second-order valence-corrected chi connectivity index (χ2v) is 9.36. The van der Waals surface area contributed by atoms with E-state index in [1.807, 2.05) is 13.8 Å². The van der Waals surface area contributed by atoms with Gasteiger partial charge >= 0.3 is 0 Å². The highest BCUT2D eigenvalue weighted by molar-refractivity contribution is 6.36. The van der Waals surface area contributed by atoms with E-state index in [4.69, 9.17) is 44.5 Å². The monoisotopic (exact) mass is 518 g/mol. The fourth-order valence-electron chi connectivity index (χ4n) is 3.42. The fraction of sp³-hybridized carbons (Fsp3) is 0.154. The smallest absolute Gasteiger partial charge is 0.231 e. The first kappa shape index (κ1) is 24.4. The van der Waals surface area contributed by atoms with Crippen molar-refractivity contribution in [2.75, 3.05) is 0 Å². The zero-order valence-electron chi connectivity index (χ0n) is 18.3. The lowest BCUT2D eigenvalue weighted by Crippen LogP contribution is -2.06. The number of hydrogen-bond donors (Lipinski definition) is 0. The first-order valence-electron chi connectivity index (χ1n) is 10.5. The van der Waals surface area contributed by atoms with Crippen LogP contribution in [0, 0.1) is 17.6 Å². The molecule has 34 heavy (non-hydrogen) atoms. The Morgan fingerprint density at radius 2 is 1.53 bits per heavy atom. The molecule has 0 aliphatic carbocycles. The van der Waals surface area contributed by atoms with Gasteiger partial charge in [0.2, 0.25) is 5.88 Å². The largest absolute Gasteiger partial charge is 0.438 e. The van der Waals surface area contributed by atoms with E-state index in [9.17, 15) is 8.78 Å². The van der Waals surface area contributed by atoms with Gasteiger partial charge in [0, 0.05) is 28.1 Å². The van der Waals surface area contributed by atoms with E-state index in [1.165, 1.54) is 6.07 Å². The minimum atomic E-state index is -1.03. The van der Waals surface area contributed by atoms with Crippen molar-refractivity contribution < 1.29 is 13.5 Å². The highest BCUT2D eigenvalue weighted by Crippen LogP contribution is 2.42. The molecule has 0 aliphatic rings. The Morgan fingerprint density at radius 1 is 0.824 bits per heavy atom. The lowest BCUT2D eigenvalue weighted by Gasteiger charge is -2.18. The van der Waals surface area contributed by atoms with Gasteiger partial charge in [0.25, 0.3) is 0 Å². The van der Waals surface area contributed by atoms with Gasteiger partial charge in [0.15, 0.2) is 11.6 Å². The third-order valence-corrected chi connectivity index (χ3v) is 5.74. The van der Waals surface area contributed by atoms with Crippen LogP contribution in [-0.2, 0) is 6.42 Å². The highest BCUT2D eigenvalue weighted by Gasteiger charge is 2.22. The predicted molar refractivity (Wildman–Crippen MR) is 133 cm³/mol. The normalized spacial score (nSPS) is 11.2. The molecular weight excluding hydrogens is 501 g/mol. The van der Waals surface area contributed by atoms with Gasteiger partial charge in [-0.3, -0.25) is 0 Å². The Bertz CT molecular complexity index is 1340. The van der Waals surface area contributed by atoms with Gasteiger partial charge in [-0.2, -0.15) is 4.98 Å². The molecule has 0 aliphatic heterocycles. The molecule has 174 valence electrons. The van der Waals surface area contributed by atoms with Crippen LogP contribution in [0.2, 0.25) is 15.1 Å². The summed E-state index contributed by atoms with van der Waals surface area (Å²) in [5, 5.41) is 1.43. The summed E-state index contributed by atoms with van der Waals surface area (Å²) >= 11 is 18.8. The Morgan fingerprint density at radius 3 is 2.18 bits per heavy atom. The molecule has 0 saturated carbocycles. The van der Waals surface area contributed by atoms with E-state index in [-0.39, 0.29) is 17.5 Å². The second-order valence-electron chi connectivity index (χ2n) is 8.08. The standard InChI is InChI=1S/C26H19Cl3F2N2O/c1-14(2)11-23-32-25(19-9-7-17(28)12-20(19)29)24(15-3-5-16(27)6-4-15)26(33-23)34-18-8-10-21(30)22(31)13-18/h3-10,12-14H,11H2,1-2H3. The lowest BCUT2D eigenvalue weighted by molar-refractivity contribution is 0.444.